The lowest BCUT2D eigenvalue weighted by molar-refractivity contribution is 0.0952. The summed E-state index contributed by atoms with van der Waals surface area (Å²) in [5, 5.41) is 2.79. The van der Waals surface area contributed by atoms with Crippen molar-refractivity contribution in [3.63, 3.8) is 0 Å². The number of hydrogen-bond donors (Lipinski definition) is 2. The molecule has 0 unspecified atom stereocenters. The Morgan fingerprint density at radius 3 is 2.44 bits per heavy atom. The summed E-state index contributed by atoms with van der Waals surface area (Å²) in [6.45, 7) is 4.86. The molecule has 0 atom stereocenters. The van der Waals surface area contributed by atoms with E-state index in [4.69, 9.17) is 0 Å². The van der Waals surface area contributed by atoms with E-state index < -0.39 is 10.0 Å². The Hall–Kier alpha value is -2.25. The zero-order valence-corrected chi connectivity index (χ0v) is 16.4. The fourth-order valence-electron chi connectivity index (χ4n) is 2.45. The van der Waals surface area contributed by atoms with Crippen molar-refractivity contribution in [1.29, 1.82) is 0 Å². The molecule has 0 aromatic heterocycles. The Kier molecular flexibility index (Phi) is 7.50. The molecule has 0 aliphatic heterocycles. The first-order chi connectivity index (χ1) is 12.8. The number of sulfonamides is 1. The average molecular weight is 392 g/mol. The highest BCUT2D eigenvalue weighted by atomic mass is 32.2. The van der Waals surface area contributed by atoms with Crippen molar-refractivity contribution in [3.8, 4) is 0 Å². The van der Waals surface area contributed by atoms with Crippen LogP contribution in [0.3, 0.4) is 0 Å². The Balaban J connectivity index is 1.96. The first-order valence-electron chi connectivity index (χ1n) is 8.90. The van der Waals surface area contributed by atoms with Gasteiger partial charge in [-0.1, -0.05) is 32.0 Å². The van der Waals surface area contributed by atoms with Gasteiger partial charge in [0.15, 0.2) is 0 Å². The van der Waals surface area contributed by atoms with Crippen molar-refractivity contribution < 1.29 is 17.6 Å². The summed E-state index contributed by atoms with van der Waals surface area (Å²) in [6, 6.07) is 11.9. The van der Waals surface area contributed by atoms with Gasteiger partial charge in [0.1, 0.15) is 5.82 Å². The zero-order valence-electron chi connectivity index (χ0n) is 15.5. The minimum Gasteiger partial charge on any atom is -0.352 e. The Bertz CT molecular complexity index is 865. The standard InChI is InChI=1S/C20H25FN2O3S/c1-15(2)10-12-22-20(24)17-4-3-5-19(14-17)27(25,26)23-13-11-16-6-8-18(21)9-7-16/h3-9,14-15,23H,10-13H2,1-2H3,(H,22,24). The number of carbonyl (C=O) groups is 1. The molecule has 2 aromatic carbocycles. The van der Waals surface area contributed by atoms with Crippen molar-refractivity contribution in [2.45, 2.75) is 31.6 Å². The molecule has 0 fully saturated rings. The van der Waals surface area contributed by atoms with E-state index in [1.54, 1.807) is 24.3 Å². The van der Waals surface area contributed by atoms with E-state index in [0.717, 1.165) is 12.0 Å². The Labute approximate surface area is 160 Å². The van der Waals surface area contributed by atoms with Crippen LogP contribution < -0.4 is 10.0 Å². The maximum atomic E-state index is 12.9. The molecule has 0 heterocycles. The second-order valence-electron chi connectivity index (χ2n) is 6.74. The van der Waals surface area contributed by atoms with E-state index in [9.17, 15) is 17.6 Å². The van der Waals surface area contributed by atoms with Crippen LogP contribution in [-0.2, 0) is 16.4 Å². The molecule has 27 heavy (non-hydrogen) atoms. The van der Waals surface area contributed by atoms with Crippen LogP contribution in [0.25, 0.3) is 0 Å². The van der Waals surface area contributed by atoms with E-state index >= 15 is 0 Å². The molecule has 5 nitrogen and oxygen atoms in total. The molecule has 0 saturated heterocycles. The molecule has 0 saturated carbocycles. The Morgan fingerprint density at radius 2 is 1.78 bits per heavy atom. The van der Waals surface area contributed by atoms with Crippen molar-refractivity contribution >= 4 is 15.9 Å². The average Bonchev–Trinajstić information content (AvgIpc) is 2.63. The fourth-order valence-corrected chi connectivity index (χ4v) is 3.52. The van der Waals surface area contributed by atoms with Gasteiger partial charge >= 0.3 is 0 Å². The van der Waals surface area contributed by atoms with Crippen LogP contribution in [0.1, 0.15) is 36.2 Å². The highest BCUT2D eigenvalue weighted by Crippen LogP contribution is 2.12. The van der Waals surface area contributed by atoms with Crippen molar-refractivity contribution in [2.24, 2.45) is 5.92 Å². The van der Waals surface area contributed by atoms with Gasteiger partial charge in [-0.25, -0.2) is 17.5 Å². The molecular formula is C20H25FN2O3S. The van der Waals surface area contributed by atoms with Gasteiger partial charge in [-0.2, -0.15) is 0 Å². The largest absolute Gasteiger partial charge is 0.352 e. The van der Waals surface area contributed by atoms with Crippen molar-refractivity contribution in [3.05, 3.63) is 65.5 Å². The third kappa shape index (κ3) is 6.77. The topological polar surface area (TPSA) is 75.3 Å². The molecule has 0 radical (unpaired) electrons. The van der Waals surface area contributed by atoms with Crippen LogP contribution in [0, 0.1) is 11.7 Å². The quantitative estimate of drug-likeness (QED) is 0.688. The zero-order chi connectivity index (χ0) is 19.9. The van der Waals surface area contributed by atoms with E-state index in [2.05, 4.69) is 23.9 Å². The van der Waals surface area contributed by atoms with Crippen LogP contribution in [0.4, 0.5) is 4.39 Å². The van der Waals surface area contributed by atoms with Gasteiger partial charge in [0.05, 0.1) is 4.90 Å². The molecular weight excluding hydrogens is 367 g/mol. The normalized spacial score (nSPS) is 11.6. The van der Waals surface area contributed by atoms with Crippen LogP contribution in [0.15, 0.2) is 53.4 Å². The summed E-state index contributed by atoms with van der Waals surface area (Å²) < 4.78 is 40.3. The van der Waals surface area contributed by atoms with Crippen LogP contribution in [-0.4, -0.2) is 27.4 Å². The number of carbonyl (C=O) groups excluding carboxylic acids is 1. The summed E-state index contributed by atoms with van der Waals surface area (Å²) >= 11 is 0. The first kappa shape index (κ1) is 21.1. The van der Waals surface area contributed by atoms with Crippen LogP contribution in [0.5, 0.6) is 0 Å². The minimum absolute atomic E-state index is 0.0399. The first-order valence-corrected chi connectivity index (χ1v) is 10.4. The second kappa shape index (κ2) is 9.62. The molecule has 2 aromatic rings. The molecule has 7 heteroatoms. The molecule has 2 N–H and O–H groups in total. The molecule has 1 amide bonds. The smallest absolute Gasteiger partial charge is 0.251 e. The van der Waals surface area contributed by atoms with Gasteiger partial charge in [-0.3, -0.25) is 4.79 Å². The predicted molar refractivity (Wildman–Crippen MR) is 104 cm³/mol. The van der Waals surface area contributed by atoms with Gasteiger partial charge in [-0.15, -0.1) is 0 Å². The van der Waals surface area contributed by atoms with E-state index in [0.29, 0.717) is 24.4 Å². The molecule has 0 aliphatic rings. The molecule has 0 aliphatic carbocycles. The SMILES string of the molecule is CC(C)CCNC(=O)c1cccc(S(=O)(=O)NCCc2ccc(F)cc2)c1. The van der Waals surface area contributed by atoms with Gasteiger partial charge in [0.25, 0.3) is 5.91 Å². The predicted octanol–water partition coefficient (Wildman–Crippen LogP) is 3.12. The van der Waals surface area contributed by atoms with Gasteiger partial charge in [0, 0.05) is 18.7 Å². The fraction of sp³-hybridized carbons (Fsp3) is 0.350. The van der Waals surface area contributed by atoms with Gasteiger partial charge in [-0.05, 0) is 54.7 Å². The summed E-state index contributed by atoms with van der Waals surface area (Å²) in [5.41, 5.74) is 1.14. The summed E-state index contributed by atoms with van der Waals surface area (Å²) in [7, 11) is -3.73. The maximum absolute atomic E-state index is 12.9. The molecule has 0 spiro atoms. The molecule has 146 valence electrons. The lowest BCUT2D eigenvalue weighted by Crippen LogP contribution is -2.27. The van der Waals surface area contributed by atoms with Crippen LogP contribution in [0.2, 0.25) is 0 Å². The highest BCUT2D eigenvalue weighted by Gasteiger charge is 2.16. The van der Waals surface area contributed by atoms with Crippen molar-refractivity contribution in [1.82, 2.24) is 10.0 Å². The monoisotopic (exact) mass is 392 g/mol. The van der Waals surface area contributed by atoms with E-state index in [1.165, 1.54) is 24.3 Å². The third-order valence-corrected chi connectivity index (χ3v) is 5.49. The summed E-state index contributed by atoms with van der Waals surface area (Å²) in [6.07, 6.45) is 1.30. The summed E-state index contributed by atoms with van der Waals surface area (Å²) in [5.74, 6) is -0.149. The number of halogens is 1. The van der Waals surface area contributed by atoms with Crippen LogP contribution >= 0.6 is 0 Å². The van der Waals surface area contributed by atoms with E-state index in [-0.39, 0.29) is 23.2 Å². The van der Waals surface area contributed by atoms with Gasteiger partial charge < -0.3 is 5.32 Å². The summed E-state index contributed by atoms with van der Waals surface area (Å²) in [4.78, 5) is 12.2. The maximum Gasteiger partial charge on any atom is 0.251 e. The second-order valence-corrected chi connectivity index (χ2v) is 8.51. The third-order valence-electron chi connectivity index (χ3n) is 4.03. The lowest BCUT2D eigenvalue weighted by Gasteiger charge is -2.10. The number of benzene rings is 2. The molecule has 2 rings (SSSR count). The van der Waals surface area contributed by atoms with E-state index in [1.807, 2.05) is 0 Å². The van der Waals surface area contributed by atoms with Gasteiger partial charge in [0.2, 0.25) is 10.0 Å². The lowest BCUT2D eigenvalue weighted by atomic mass is 10.1. The number of rotatable bonds is 9. The Morgan fingerprint density at radius 1 is 1.07 bits per heavy atom. The number of nitrogens with one attached hydrogen (secondary N) is 2. The highest BCUT2D eigenvalue weighted by molar-refractivity contribution is 7.89. The number of amides is 1. The minimum atomic E-state index is -3.73. The molecule has 0 bridgehead atoms. The number of hydrogen-bond acceptors (Lipinski definition) is 3. The van der Waals surface area contributed by atoms with Crippen molar-refractivity contribution in [2.75, 3.05) is 13.1 Å².